The van der Waals surface area contributed by atoms with Crippen LogP contribution in [0.4, 0.5) is 4.79 Å². The van der Waals surface area contributed by atoms with E-state index in [1.165, 1.54) is 5.56 Å². The topological polar surface area (TPSA) is 41.6 Å². The fraction of sp³-hybridized carbons (Fsp3) is 0.588. The van der Waals surface area contributed by atoms with Gasteiger partial charge in [-0.05, 0) is 58.4 Å². The summed E-state index contributed by atoms with van der Waals surface area (Å²) in [5.41, 5.74) is 0.747. The van der Waals surface area contributed by atoms with Crippen LogP contribution in [-0.4, -0.2) is 36.7 Å². The summed E-state index contributed by atoms with van der Waals surface area (Å²) >= 11 is 5.88. The van der Waals surface area contributed by atoms with Gasteiger partial charge in [0, 0.05) is 24.7 Å². The van der Waals surface area contributed by atoms with Crippen molar-refractivity contribution in [1.82, 2.24) is 10.2 Å². The van der Waals surface area contributed by atoms with Crippen LogP contribution in [-0.2, 0) is 4.74 Å². The standard InChI is InChI=1S/C17H27ClN2O2/c1-13(14-7-9-15(18)10-8-14)19-11-6-12-20(5)16(21)22-17(2,3)4/h7-10,13,19H,6,11-12H2,1-5H3. The van der Waals surface area contributed by atoms with Crippen molar-refractivity contribution < 1.29 is 9.53 Å². The van der Waals surface area contributed by atoms with E-state index in [9.17, 15) is 4.79 Å². The summed E-state index contributed by atoms with van der Waals surface area (Å²) in [6, 6.07) is 8.08. The van der Waals surface area contributed by atoms with Crippen molar-refractivity contribution in [3.63, 3.8) is 0 Å². The maximum absolute atomic E-state index is 11.8. The minimum absolute atomic E-state index is 0.254. The molecule has 4 nitrogen and oxygen atoms in total. The lowest BCUT2D eigenvalue weighted by atomic mass is 10.1. The largest absolute Gasteiger partial charge is 0.444 e. The third-order valence-electron chi connectivity index (χ3n) is 3.20. The van der Waals surface area contributed by atoms with E-state index in [0.29, 0.717) is 6.54 Å². The fourth-order valence-corrected chi connectivity index (χ4v) is 2.06. The lowest BCUT2D eigenvalue weighted by molar-refractivity contribution is 0.0297. The first-order chi connectivity index (χ1) is 10.2. The summed E-state index contributed by atoms with van der Waals surface area (Å²) in [5.74, 6) is 0. The Morgan fingerprint density at radius 3 is 2.45 bits per heavy atom. The van der Waals surface area contributed by atoms with Crippen LogP contribution in [0, 0.1) is 0 Å². The Bertz CT molecular complexity index is 469. The number of carbonyl (C=O) groups is 1. The van der Waals surface area contributed by atoms with Crippen LogP contribution in [0.5, 0.6) is 0 Å². The van der Waals surface area contributed by atoms with Gasteiger partial charge in [0.2, 0.25) is 0 Å². The highest BCUT2D eigenvalue weighted by Crippen LogP contribution is 2.16. The van der Waals surface area contributed by atoms with Crippen molar-refractivity contribution in [3.05, 3.63) is 34.9 Å². The zero-order chi connectivity index (χ0) is 16.8. The normalized spacial score (nSPS) is 12.8. The molecule has 0 radical (unpaired) electrons. The number of halogens is 1. The van der Waals surface area contributed by atoms with Gasteiger partial charge in [0.05, 0.1) is 0 Å². The van der Waals surface area contributed by atoms with Crippen LogP contribution in [0.15, 0.2) is 24.3 Å². The Kier molecular flexibility index (Phi) is 7.17. The van der Waals surface area contributed by atoms with Crippen molar-refractivity contribution in [2.75, 3.05) is 20.1 Å². The quantitative estimate of drug-likeness (QED) is 0.795. The lowest BCUT2D eigenvalue weighted by Crippen LogP contribution is -2.35. The Hall–Kier alpha value is -1.26. The predicted octanol–water partition coefficient (Wildman–Crippen LogP) is 4.25. The van der Waals surface area contributed by atoms with E-state index in [1.54, 1.807) is 11.9 Å². The molecule has 1 amide bonds. The predicted molar refractivity (Wildman–Crippen MR) is 91.4 cm³/mol. The van der Waals surface area contributed by atoms with Gasteiger partial charge in [0.25, 0.3) is 0 Å². The summed E-state index contributed by atoms with van der Waals surface area (Å²) in [7, 11) is 1.76. The number of hydrogen-bond donors (Lipinski definition) is 1. The molecule has 0 saturated carbocycles. The molecule has 0 bridgehead atoms. The molecule has 0 heterocycles. The zero-order valence-corrected chi connectivity index (χ0v) is 14.9. The smallest absolute Gasteiger partial charge is 0.410 e. The number of amides is 1. The molecule has 0 fully saturated rings. The molecule has 1 aromatic rings. The third kappa shape index (κ3) is 7.14. The van der Waals surface area contributed by atoms with Gasteiger partial charge in [0.1, 0.15) is 5.60 Å². The van der Waals surface area contributed by atoms with Crippen molar-refractivity contribution in [3.8, 4) is 0 Å². The van der Waals surface area contributed by atoms with Gasteiger partial charge >= 0.3 is 6.09 Å². The molecule has 22 heavy (non-hydrogen) atoms. The first-order valence-electron chi connectivity index (χ1n) is 7.62. The highest BCUT2D eigenvalue weighted by Gasteiger charge is 2.19. The highest BCUT2D eigenvalue weighted by molar-refractivity contribution is 6.30. The Morgan fingerprint density at radius 1 is 1.32 bits per heavy atom. The molecule has 1 rings (SSSR count). The molecule has 1 atom stereocenters. The van der Waals surface area contributed by atoms with Crippen LogP contribution in [0.3, 0.4) is 0 Å². The van der Waals surface area contributed by atoms with Gasteiger partial charge in [-0.2, -0.15) is 0 Å². The van der Waals surface area contributed by atoms with Gasteiger partial charge in [-0.3, -0.25) is 0 Å². The van der Waals surface area contributed by atoms with Crippen LogP contribution in [0.2, 0.25) is 5.02 Å². The first-order valence-corrected chi connectivity index (χ1v) is 8.00. The van der Waals surface area contributed by atoms with E-state index in [0.717, 1.165) is 18.0 Å². The summed E-state index contributed by atoms with van der Waals surface area (Å²) in [5, 5.41) is 4.18. The third-order valence-corrected chi connectivity index (χ3v) is 3.45. The molecule has 124 valence electrons. The summed E-state index contributed by atoms with van der Waals surface area (Å²) in [6.07, 6.45) is 0.589. The highest BCUT2D eigenvalue weighted by atomic mass is 35.5. The number of ether oxygens (including phenoxy) is 1. The molecule has 1 unspecified atom stereocenters. The Labute approximate surface area is 138 Å². The number of nitrogens with zero attached hydrogens (tertiary/aromatic N) is 1. The number of carbonyl (C=O) groups excluding carboxylic acids is 1. The van der Waals surface area contributed by atoms with Crippen molar-refractivity contribution in [1.29, 1.82) is 0 Å². The monoisotopic (exact) mass is 326 g/mol. The molecular weight excluding hydrogens is 300 g/mol. The zero-order valence-electron chi connectivity index (χ0n) is 14.1. The van der Waals surface area contributed by atoms with Crippen molar-refractivity contribution in [2.45, 2.75) is 45.8 Å². The second kappa shape index (κ2) is 8.39. The average molecular weight is 327 g/mol. The van der Waals surface area contributed by atoms with Crippen LogP contribution < -0.4 is 5.32 Å². The van der Waals surface area contributed by atoms with Gasteiger partial charge < -0.3 is 15.0 Å². The van der Waals surface area contributed by atoms with Crippen molar-refractivity contribution >= 4 is 17.7 Å². The van der Waals surface area contributed by atoms with E-state index >= 15 is 0 Å². The molecule has 0 saturated heterocycles. The maximum atomic E-state index is 11.8. The number of hydrogen-bond acceptors (Lipinski definition) is 3. The van der Waals surface area contributed by atoms with Gasteiger partial charge in [-0.15, -0.1) is 0 Å². The second-order valence-electron chi connectivity index (χ2n) is 6.48. The summed E-state index contributed by atoms with van der Waals surface area (Å²) < 4.78 is 5.31. The molecule has 1 N–H and O–H groups in total. The molecule has 0 aromatic heterocycles. The average Bonchev–Trinajstić information content (AvgIpc) is 2.42. The summed E-state index contributed by atoms with van der Waals surface area (Å²) in [4.78, 5) is 13.4. The van der Waals surface area contributed by atoms with Crippen LogP contribution in [0.1, 0.15) is 45.7 Å². The van der Waals surface area contributed by atoms with E-state index < -0.39 is 5.60 Å². The summed E-state index contributed by atoms with van der Waals surface area (Å²) in [6.45, 7) is 9.21. The molecule has 0 aliphatic carbocycles. The second-order valence-corrected chi connectivity index (χ2v) is 6.92. The SMILES string of the molecule is CC(NCCCN(C)C(=O)OC(C)(C)C)c1ccc(Cl)cc1. The van der Waals surface area contributed by atoms with E-state index in [-0.39, 0.29) is 12.1 Å². The van der Waals surface area contributed by atoms with Crippen LogP contribution in [0.25, 0.3) is 0 Å². The minimum atomic E-state index is -0.452. The number of benzene rings is 1. The maximum Gasteiger partial charge on any atom is 0.410 e. The lowest BCUT2D eigenvalue weighted by Gasteiger charge is -2.24. The molecule has 0 aliphatic rings. The molecule has 5 heteroatoms. The molecule has 1 aromatic carbocycles. The molecule has 0 aliphatic heterocycles. The van der Waals surface area contributed by atoms with Gasteiger partial charge in [0.15, 0.2) is 0 Å². The fourth-order valence-electron chi connectivity index (χ4n) is 1.94. The van der Waals surface area contributed by atoms with Crippen molar-refractivity contribution in [2.24, 2.45) is 0 Å². The number of nitrogens with one attached hydrogen (secondary N) is 1. The minimum Gasteiger partial charge on any atom is -0.444 e. The van der Waals surface area contributed by atoms with E-state index in [4.69, 9.17) is 16.3 Å². The van der Waals surface area contributed by atoms with Gasteiger partial charge in [-0.1, -0.05) is 23.7 Å². The molecular formula is C17H27ClN2O2. The van der Waals surface area contributed by atoms with E-state index in [2.05, 4.69) is 12.2 Å². The Balaban J connectivity index is 2.27. The first kappa shape index (κ1) is 18.8. The van der Waals surface area contributed by atoms with E-state index in [1.807, 2.05) is 45.0 Å². The van der Waals surface area contributed by atoms with Crippen LogP contribution >= 0.6 is 11.6 Å². The number of rotatable bonds is 6. The van der Waals surface area contributed by atoms with Gasteiger partial charge in [-0.25, -0.2) is 4.79 Å². The Morgan fingerprint density at radius 2 is 1.91 bits per heavy atom. The molecule has 0 spiro atoms.